The van der Waals surface area contributed by atoms with Crippen LogP contribution >= 0.6 is 34.9 Å². The molecule has 0 saturated carbocycles. The van der Waals surface area contributed by atoms with E-state index < -0.39 is 0 Å². The van der Waals surface area contributed by atoms with E-state index in [1.165, 1.54) is 28.7 Å². The molecule has 9 heteroatoms. The van der Waals surface area contributed by atoms with Gasteiger partial charge in [-0.05, 0) is 54.4 Å². The topological polar surface area (TPSA) is 91.6 Å². The average molecular weight is 490 g/mol. The molecule has 3 rings (SSSR count). The van der Waals surface area contributed by atoms with Crippen molar-refractivity contribution < 1.29 is 4.79 Å². The van der Waals surface area contributed by atoms with Gasteiger partial charge in [0.2, 0.25) is 11.0 Å². The summed E-state index contributed by atoms with van der Waals surface area (Å²) in [6, 6.07) is 4.32. The van der Waals surface area contributed by atoms with E-state index in [4.69, 9.17) is 4.98 Å². The van der Waals surface area contributed by atoms with Crippen molar-refractivity contribution in [1.29, 1.82) is 5.26 Å². The maximum Gasteiger partial charge on any atom is 0.239 e. The highest BCUT2D eigenvalue weighted by atomic mass is 32.2. The minimum absolute atomic E-state index is 0.130. The number of hydrogen-bond donors (Lipinski definition) is 1. The van der Waals surface area contributed by atoms with Crippen LogP contribution in [0.3, 0.4) is 0 Å². The Morgan fingerprint density at radius 2 is 2.16 bits per heavy atom. The van der Waals surface area contributed by atoms with Gasteiger partial charge in [0, 0.05) is 5.69 Å². The quantitative estimate of drug-likeness (QED) is 0.343. The molecule has 2 heterocycles. The molecule has 0 bridgehead atoms. The van der Waals surface area contributed by atoms with Crippen LogP contribution in [0.5, 0.6) is 0 Å². The van der Waals surface area contributed by atoms with Gasteiger partial charge in [-0.2, -0.15) is 5.26 Å². The van der Waals surface area contributed by atoms with Crippen LogP contribution in [0.2, 0.25) is 0 Å². The monoisotopic (exact) mass is 489 g/mol. The van der Waals surface area contributed by atoms with Gasteiger partial charge in [0.05, 0.1) is 10.8 Å². The molecule has 0 aliphatic heterocycles. The third-order valence-corrected chi connectivity index (χ3v) is 9.53. The fraction of sp³-hybridized carbons (Fsp3) is 0.609. The molecule has 0 aromatic carbocycles. The smallest absolute Gasteiger partial charge is 0.239 e. The summed E-state index contributed by atoms with van der Waals surface area (Å²) in [5.41, 5.74) is 3.11. The number of pyridine rings is 1. The Bertz CT molecular complexity index is 998. The van der Waals surface area contributed by atoms with Crippen molar-refractivity contribution in [3.8, 4) is 6.07 Å². The van der Waals surface area contributed by atoms with Gasteiger partial charge in [0.25, 0.3) is 0 Å². The summed E-state index contributed by atoms with van der Waals surface area (Å²) in [4.78, 5) is 17.7. The van der Waals surface area contributed by atoms with Crippen molar-refractivity contribution in [2.24, 2.45) is 11.3 Å². The van der Waals surface area contributed by atoms with Crippen LogP contribution in [0.1, 0.15) is 70.7 Å². The van der Waals surface area contributed by atoms with E-state index in [1.807, 2.05) is 13.0 Å². The van der Waals surface area contributed by atoms with Crippen LogP contribution in [0, 0.1) is 22.7 Å². The largest absolute Gasteiger partial charge is 0.300 e. The van der Waals surface area contributed by atoms with Crippen molar-refractivity contribution in [1.82, 2.24) is 15.2 Å². The van der Waals surface area contributed by atoms with Crippen LogP contribution in [-0.2, 0) is 17.6 Å². The lowest BCUT2D eigenvalue weighted by molar-refractivity contribution is -0.115. The molecule has 172 valence electrons. The highest BCUT2D eigenvalue weighted by Crippen LogP contribution is 2.40. The SMILES string of the molecule is CCSc1nnc(NC(=O)C(CC)Sc2nc3c(cc2C#N)CC(C(C)(C)CC)CC3)s1. The zero-order valence-electron chi connectivity index (χ0n) is 19.4. The minimum atomic E-state index is -0.353. The Labute approximate surface area is 203 Å². The Morgan fingerprint density at radius 3 is 2.81 bits per heavy atom. The highest BCUT2D eigenvalue weighted by Gasteiger charge is 2.32. The average Bonchev–Trinajstić information content (AvgIpc) is 3.23. The molecule has 2 unspecified atom stereocenters. The van der Waals surface area contributed by atoms with Gasteiger partial charge in [-0.25, -0.2) is 4.98 Å². The number of nitrogens with zero attached hydrogens (tertiary/aromatic N) is 4. The normalized spacial score (nSPS) is 16.8. The Kier molecular flexibility index (Phi) is 8.59. The number of aromatic nitrogens is 3. The second kappa shape index (κ2) is 11.0. The van der Waals surface area contributed by atoms with Gasteiger partial charge in [-0.1, -0.05) is 75.9 Å². The molecule has 1 aliphatic carbocycles. The molecule has 2 aromatic heterocycles. The fourth-order valence-electron chi connectivity index (χ4n) is 3.86. The molecule has 1 aliphatic rings. The van der Waals surface area contributed by atoms with Gasteiger partial charge in [0.1, 0.15) is 11.1 Å². The number of anilines is 1. The molecule has 1 amide bonds. The number of hydrogen-bond acceptors (Lipinski definition) is 8. The van der Waals surface area contributed by atoms with Gasteiger partial charge in [0.15, 0.2) is 4.34 Å². The van der Waals surface area contributed by atoms with Gasteiger partial charge < -0.3 is 0 Å². The molecule has 0 fully saturated rings. The maximum absolute atomic E-state index is 12.9. The van der Waals surface area contributed by atoms with Crippen molar-refractivity contribution >= 4 is 45.9 Å². The van der Waals surface area contributed by atoms with Crippen molar-refractivity contribution in [3.05, 3.63) is 22.9 Å². The zero-order valence-corrected chi connectivity index (χ0v) is 21.8. The molecule has 32 heavy (non-hydrogen) atoms. The van der Waals surface area contributed by atoms with E-state index in [9.17, 15) is 10.1 Å². The lowest BCUT2D eigenvalue weighted by atomic mass is 9.69. The molecule has 6 nitrogen and oxygen atoms in total. The molecule has 0 saturated heterocycles. The van der Waals surface area contributed by atoms with E-state index in [2.05, 4.69) is 49.3 Å². The summed E-state index contributed by atoms with van der Waals surface area (Å²) in [5, 5.41) is 21.6. The van der Waals surface area contributed by atoms with Crippen LogP contribution in [0.15, 0.2) is 15.4 Å². The molecular weight excluding hydrogens is 458 g/mol. The van der Waals surface area contributed by atoms with Crippen LogP contribution in [0.4, 0.5) is 5.13 Å². The number of carbonyl (C=O) groups excluding carboxylic acids is 1. The van der Waals surface area contributed by atoms with Crippen LogP contribution in [-0.4, -0.2) is 32.1 Å². The predicted octanol–water partition coefficient (Wildman–Crippen LogP) is 5.97. The predicted molar refractivity (Wildman–Crippen MR) is 133 cm³/mol. The first kappa shape index (κ1) is 25.0. The second-order valence-corrected chi connectivity index (χ2v) is 12.3. The summed E-state index contributed by atoms with van der Waals surface area (Å²) < 4.78 is 0.844. The number of carbonyl (C=O) groups is 1. The molecular formula is C23H31N5OS3. The second-order valence-electron chi connectivity index (χ2n) is 8.65. The number of nitrogens with one attached hydrogen (secondary N) is 1. The van der Waals surface area contributed by atoms with E-state index >= 15 is 0 Å². The Balaban J connectivity index is 1.75. The molecule has 0 spiro atoms. The Morgan fingerprint density at radius 1 is 1.38 bits per heavy atom. The number of amides is 1. The number of thioether (sulfide) groups is 2. The fourth-order valence-corrected chi connectivity index (χ4v) is 6.50. The van der Waals surface area contributed by atoms with Gasteiger partial charge in [-0.3, -0.25) is 10.1 Å². The minimum Gasteiger partial charge on any atom is -0.300 e. The number of rotatable bonds is 9. The third kappa shape index (κ3) is 5.83. The lowest BCUT2D eigenvalue weighted by Crippen LogP contribution is -2.29. The van der Waals surface area contributed by atoms with E-state index in [0.29, 0.717) is 28.1 Å². The van der Waals surface area contributed by atoms with Crippen LogP contribution in [0.25, 0.3) is 0 Å². The zero-order chi connectivity index (χ0) is 23.3. The van der Waals surface area contributed by atoms with Crippen molar-refractivity contribution in [2.75, 3.05) is 11.1 Å². The standard InChI is InChI=1S/C23H31N5OS3/c1-6-18(19(29)26-21-27-28-22(32-21)30-8-3)31-20-15(13-24)11-14-12-16(23(4,5)7-2)9-10-17(14)25-20/h11,16,18H,6-10,12H2,1-5H3,(H,26,27,29). The number of nitriles is 1. The van der Waals surface area contributed by atoms with Gasteiger partial charge in [-0.15, -0.1) is 10.2 Å². The van der Waals surface area contributed by atoms with Gasteiger partial charge >= 0.3 is 0 Å². The molecule has 0 radical (unpaired) electrons. The summed E-state index contributed by atoms with van der Waals surface area (Å²) in [5.74, 6) is 1.38. The maximum atomic E-state index is 12.9. The number of fused-ring (bicyclic) bond motifs is 1. The molecule has 2 atom stereocenters. The number of aryl methyl sites for hydroxylation is 1. The summed E-state index contributed by atoms with van der Waals surface area (Å²) in [7, 11) is 0. The summed E-state index contributed by atoms with van der Waals surface area (Å²) in [6.45, 7) is 10.9. The summed E-state index contributed by atoms with van der Waals surface area (Å²) in [6.07, 6.45) is 4.77. The third-order valence-electron chi connectivity index (χ3n) is 6.31. The first-order chi connectivity index (χ1) is 15.3. The first-order valence-corrected chi connectivity index (χ1v) is 13.9. The summed E-state index contributed by atoms with van der Waals surface area (Å²) >= 11 is 4.36. The van der Waals surface area contributed by atoms with Crippen molar-refractivity contribution in [2.45, 2.75) is 81.3 Å². The van der Waals surface area contributed by atoms with E-state index in [-0.39, 0.29) is 16.6 Å². The van der Waals surface area contributed by atoms with E-state index in [1.54, 1.807) is 11.8 Å². The van der Waals surface area contributed by atoms with Crippen LogP contribution < -0.4 is 5.32 Å². The highest BCUT2D eigenvalue weighted by molar-refractivity contribution is 8.01. The first-order valence-electron chi connectivity index (χ1n) is 11.2. The Hall–Kier alpha value is -1.63. The molecule has 1 N–H and O–H groups in total. The van der Waals surface area contributed by atoms with E-state index in [0.717, 1.165) is 41.5 Å². The lowest BCUT2D eigenvalue weighted by Gasteiger charge is -2.37. The van der Waals surface area contributed by atoms with Crippen molar-refractivity contribution in [3.63, 3.8) is 0 Å². The molecule has 2 aromatic rings.